The highest BCUT2D eigenvalue weighted by Gasteiger charge is 2.14. The van der Waals surface area contributed by atoms with E-state index in [0.717, 1.165) is 25.2 Å². The van der Waals surface area contributed by atoms with Gasteiger partial charge in [-0.05, 0) is 36.1 Å². The summed E-state index contributed by atoms with van der Waals surface area (Å²) in [5.74, 6) is 0.578. The summed E-state index contributed by atoms with van der Waals surface area (Å²) in [7, 11) is 0. The molecule has 0 radical (unpaired) electrons. The van der Waals surface area contributed by atoms with Gasteiger partial charge in [-0.2, -0.15) is 0 Å². The first-order chi connectivity index (χ1) is 10.2. The third-order valence-electron chi connectivity index (χ3n) is 4.14. The summed E-state index contributed by atoms with van der Waals surface area (Å²) in [6, 6.07) is 6.51. The van der Waals surface area contributed by atoms with Gasteiger partial charge in [-0.1, -0.05) is 32.4 Å². The number of aryl methyl sites for hydroxylation is 1. The quantitative estimate of drug-likeness (QED) is 0.899. The second-order valence-electron chi connectivity index (χ2n) is 5.98. The molecule has 2 N–H and O–H groups in total. The number of fused-ring (bicyclic) bond motifs is 1. The molecule has 0 aliphatic carbocycles. The molecular formula is C18H23N3. The lowest BCUT2D eigenvalue weighted by Crippen LogP contribution is -2.17. The fraction of sp³-hybridized carbons (Fsp3) is 0.389. The minimum absolute atomic E-state index is 0.578. The summed E-state index contributed by atoms with van der Waals surface area (Å²) in [5.41, 5.74) is 7.58. The summed E-state index contributed by atoms with van der Waals surface area (Å²) in [6.07, 6.45) is 5.20. The van der Waals surface area contributed by atoms with Crippen molar-refractivity contribution in [3.8, 4) is 11.3 Å². The first kappa shape index (κ1) is 14.1. The second-order valence-corrected chi connectivity index (χ2v) is 5.98. The smallest absolute Gasteiger partial charge is 0.0463 e. The molecule has 3 heteroatoms. The van der Waals surface area contributed by atoms with Crippen molar-refractivity contribution in [2.75, 3.05) is 6.54 Å². The normalized spacial score (nSPS) is 14.8. The summed E-state index contributed by atoms with van der Waals surface area (Å²) >= 11 is 0. The van der Waals surface area contributed by atoms with E-state index in [1.54, 1.807) is 0 Å². The molecule has 0 amide bonds. The van der Waals surface area contributed by atoms with Crippen LogP contribution < -0.4 is 5.32 Å². The zero-order valence-corrected chi connectivity index (χ0v) is 13.0. The lowest BCUT2D eigenvalue weighted by molar-refractivity contribution is 0.667. The predicted octanol–water partition coefficient (Wildman–Crippen LogP) is 3.78. The van der Waals surface area contributed by atoms with Crippen LogP contribution in [0.25, 0.3) is 17.3 Å². The Morgan fingerprint density at radius 2 is 2.10 bits per heavy atom. The van der Waals surface area contributed by atoms with Gasteiger partial charge in [0.2, 0.25) is 0 Å². The Bertz CT molecular complexity index is 665. The summed E-state index contributed by atoms with van der Waals surface area (Å²) < 4.78 is 0. The third kappa shape index (κ3) is 2.93. The van der Waals surface area contributed by atoms with Crippen LogP contribution in [0.15, 0.2) is 30.0 Å². The second kappa shape index (κ2) is 5.86. The van der Waals surface area contributed by atoms with Crippen LogP contribution in [0, 0.1) is 5.92 Å². The van der Waals surface area contributed by atoms with Gasteiger partial charge >= 0.3 is 0 Å². The molecule has 21 heavy (non-hydrogen) atoms. The zero-order chi connectivity index (χ0) is 14.8. The molecule has 3 rings (SSSR count). The van der Waals surface area contributed by atoms with Crippen LogP contribution in [0.3, 0.4) is 0 Å². The van der Waals surface area contributed by atoms with Crippen LogP contribution in [0.2, 0.25) is 0 Å². The van der Waals surface area contributed by atoms with E-state index in [4.69, 9.17) is 0 Å². The van der Waals surface area contributed by atoms with Crippen LogP contribution in [-0.2, 0) is 13.0 Å². The fourth-order valence-electron chi connectivity index (χ4n) is 2.74. The van der Waals surface area contributed by atoms with E-state index < -0.39 is 0 Å². The number of rotatable bonds is 3. The highest BCUT2D eigenvalue weighted by Crippen LogP contribution is 2.26. The molecular weight excluding hydrogens is 258 g/mol. The Kier molecular flexibility index (Phi) is 3.93. The van der Waals surface area contributed by atoms with Crippen molar-refractivity contribution in [1.29, 1.82) is 0 Å². The van der Waals surface area contributed by atoms with Crippen LogP contribution >= 0.6 is 0 Å². The number of hydrogen-bond donors (Lipinski definition) is 2. The van der Waals surface area contributed by atoms with Crippen molar-refractivity contribution in [2.45, 2.75) is 33.7 Å². The monoisotopic (exact) mass is 281 g/mol. The first-order valence-corrected chi connectivity index (χ1v) is 7.75. The number of nitrogens with one attached hydrogen (secondary N) is 2. The van der Waals surface area contributed by atoms with Crippen molar-refractivity contribution in [3.63, 3.8) is 0 Å². The maximum atomic E-state index is 4.38. The zero-order valence-electron chi connectivity index (χ0n) is 13.0. The summed E-state index contributed by atoms with van der Waals surface area (Å²) in [6.45, 7) is 8.51. The minimum atomic E-state index is 0.578. The average Bonchev–Trinajstić information content (AvgIpc) is 2.79. The Hall–Kier alpha value is -1.87. The molecule has 0 aromatic carbocycles. The number of hydrogen-bond acceptors (Lipinski definition) is 2. The number of pyridine rings is 1. The molecule has 1 aliphatic heterocycles. The molecule has 0 unspecified atom stereocenters. The van der Waals surface area contributed by atoms with Gasteiger partial charge in [-0.25, -0.2) is 0 Å². The van der Waals surface area contributed by atoms with E-state index in [9.17, 15) is 0 Å². The van der Waals surface area contributed by atoms with Gasteiger partial charge in [0.1, 0.15) is 0 Å². The van der Waals surface area contributed by atoms with Crippen molar-refractivity contribution in [1.82, 2.24) is 15.3 Å². The molecule has 0 saturated carbocycles. The average molecular weight is 281 g/mol. The maximum Gasteiger partial charge on any atom is 0.0463 e. The highest BCUT2D eigenvalue weighted by molar-refractivity contribution is 5.68. The lowest BCUT2D eigenvalue weighted by Gasteiger charge is -2.09. The Labute approximate surface area is 126 Å². The Morgan fingerprint density at radius 1 is 1.24 bits per heavy atom. The SMILES string of the molecule is CCc1cc(-c2cc3c([nH]2)CNCC(C(C)C)=C3)ccn1. The predicted molar refractivity (Wildman–Crippen MR) is 87.9 cm³/mol. The number of nitrogens with zero attached hydrogens (tertiary/aromatic N) is 1. The van der Waals surface area contributed by atoms with Crippen molar-refractivity contribution in [3.05, 3.63) is 46.9 Å². The molecule has 0 fully saturated rings. The third-order valence-corrected chi connectivity index (χ3v) is 4.14. The van der Waals surface area contributed by atoms with E-state index in [2.05, 4.69) is 60.3 Å². The molecule has 0 spiro atoms. The van der Waals surface area contributed by atoms with Crippen molar-refractivity contribution < 1.29 is 0 Å². The first-order valence-electron chi connectivity index (χ1n) is 7.75. The van der Waals surface area contributed by atoms with E-state index in [-0.39, 0.29) is 0 Å². The number of aromatic amines is 1. The van der Waals surface area contributed by atoms with Gasteiger partial charge in [0, 0.05) is 41.9 Å². The van der Waals surface area contributed by atoms with Gasteiger partial charge in [-0.15, -0.1) is 0 Å². The van der Waals surface area contributed by atoms with Gasteiger partial charge in [0.25, 0.3) is 0 Å². The highest BCUT2D eigenvalue weighted by atomic mass is 14.9. The van der Waals surface area contributed by atoms with E-state index in [0.29, 0.717) is 5.92 Å². The number of aromatic nitrogens is 2. The van der Waals surface area contributed by atoms with Crippen LogP contribution in [0.5, 0.6) is 0 Å². The van der Waals surface area contributed by atoms with Crippen LogP contribution in [-0.4, -0.2) is 16.5 Å². The molecule has 1 aliphatic rings. The molecule has 3 heterocycles. The van der Waals surface area contributed by atoms with Gasteiger partial charge in [-0.3, -0.25) is 4.98 Å². The topological polar surface area (TPSA) is 40.7 Å². The molecule has 2 aromatic rings. The molecule has 3 nitrogen and oxygen atoms in total. The van der Waals surface area contributed by atoms with Gasteiger partial charge < -0.3 is 10.3 Å². The fourth-order valence-corrected chi connectivity index (χ4v) is 2.74. The molecule has 0 atom stereocenters. The van der Waals surface area contributed by atoms with Crippen LogP contribution in [0.1, 0.15) is 37.7 Å². The largest absolute Gasteiger partial charge is 0.357 e. The molecule has 110 valence electrons. The van der Waals surface area contributed by atoms with E-state index in [1.807, 2.05) is 6.20 Å². The van der Waals surface area contributed by atoms with E-state index >= 15 is 0 Å². The summed E-state index contributed by atoms with van der Waals surface area (Å²) in [5, 5.41) is 3.51. The molecule has 0 bridgehead atoms. The minimum Gasteiger partial charge on any atom is -0.357 e. The molecule has 2 aromatic heterocycles. The Balaban J connectivity index is 2.00. The maximum absolute atomic E-state index is 4.38. The number of H-pyrrole nitrogens is 1. The van der Waals surface area contributed by atoms with Crippen molar-refractivity contribution in [2.24, 2.45) is 5.92 Å². The van der Waals surface area contributed by atoms with Crippen molar-refractivity contribution >= 4 is 6.08 Å². The van der Waals surface area contributed by atoms with E-state index in [1.165, 1.54) is 28.1 Å². The van der Waals surface area contributed by atoms with Gasteiger partial charge in [0.05, 0.1) is 0 Å². The van der Waals surface area contributed by atoms with Crippen LogP contribution in [0.4, 0.5) is 0 Å². The van der Waals surface area contributed by atoms with Gasteiger partial charge in [0.15, 0.2) is 0 Å². The standard InChI is InChI=1S/C18H23N3/c1-4-16-8-13(5-6-20-16)17-9-14-7-15(12(2)3)10-19-11-18(14)21-17/h5-9,12,19,21H,4,10-11H2,1-3H3. The summed E-state index contributed by atoms with van der Waals surface area (Å²) in [4.78, 5) is 7.94. The lowest BCUT2D eigenvalue weighted by atomic mass is 10.0. The molecule has 0 saturated heterocycles. The Morgan fingerprint density at radius 3 is 2.86 bits per heavy atom.